The van der Waals surface area contributed by atoms with Crippen LogP contribution in [-0.4, -0.2) is 10.7 Å². The third-order valence-corrected chi connectivity index (χ3v) is 3.59. The van der Waals surface area contributed by atoms with Gasteiger partial charge in [0.2, 0.25) is 0 Å². The summed E-state index contributed by atoms with van der Waals surface area (Å²) in [4.78, 5) is 0. The van der Waals surface area contributed by atoms with Crippen molar-refractivity contribution in [1.29, 1.82) is 0 Å². The number of hydrogen-bond donors (Lipinski definition) is 1. The van der Waals surface area contributed by atoms with Crippen molar-refractivity contribution in [3.8, 4) is 0 Å². The molecule has 1 fully saturated rings. The van der Waals surface area contributed by atoms with E-state index in [4.69, 9.17) is 23.2 Å². The van der Waals surface area contributed by atoms with Gasteiger partial charge in [0.15, 0.2) is 0 Å². The standard InChI is InChI=1S/C12H14Cl2O/c1-8-5-12(15,6-8)7-9-4-10(13)2-3-11(9)14/h2-4,8,15H,5-7H2,1H3. The summed E-state index contributed by atoms with van der Waals surface area (Å²) in [7, 11) is 0. The van der Waals surface area contributed by atoms with Crippen LogP contribution in [0.3, 0.4) is 0 Å². The fraction of sp³-hybridized carbons (Fsp3) is 0.500. The second-order valence-electron chi connectivity index (χ2n) is 4.65. The molecule has 1 aliphatic carbocycles. The highest BCUT2D eigenvalue weighted by Crippen LogP contribution is 2.40. The Bertz CT molecular complexity index is 370. The molecule has 1 aromatic carbocycles. The molecule has 3 heteroatoms. The summed E-state index contributed by atoms with van der Waals surface area (Å²) in [6.07, 6.45) is 2.32. The molecule has 0 atom stereocenters. The lowest BCUT2D eigenvalue weighted by Crippen LogP contribution is -2.44. The molecule has 1 N–H and O–H groups in total. The van der Waals surface area contributed by atoms with Gasteiger partial charge in [-0.25, -0.2) is 0 Å². The van der Waals surface area contributed by atoms with Crippen LogP contribution in [0.25, 0.3) is 0 Å². The lowest BCUT2D eigenvalue weighted by Gasteiger charge is -2.42. The molecule has 0 aliphatic heterocycles. The zero-order chi connectivity index (χ0) is 11.1. The van der Waals surface area contributed by atoms with E-state index in [0.29, 0.717) is 22.4 Å². The SMILES string of the molecule is CC1CC(O)(Cc2cc(Cl)ccc2Cl)C1. The maximum Gasteiger partial charge on any atom is 0.0693 e. The maximum absolute atomic E-state index is 10.1. The molecule has 0 spiro atoms. The monoisotopic (exact) mass is 244 g/mol. The van der Waals surface area contributed by atoms with E-state index in [-0.39, 0.29) is 0 Å². The minimum Gasteiger partial charge on any atom is -0.390 e. The largest absolute Gasteiger partial charge is 0.390 e. The normalized spacial score (nSPS) is 30.0. The molecule has 0 amide bonds. The topological polar surface area (TPSA) is 20.2 Å². The Morgan fingerprint density at radius 2 is 2.07 bits per heavy atom. The lowest BCUT2D eigenvalue weighted by molar-refractivity contribution is -0.0665. The van der Waals surface area contributed by atoms with Gasteiger partial charge in [-0.15, -0.1) is 0 Å². The second-order valence-corrected chi connectivity index (χ2v) is 5.49. The summed E-state index contributed by atoms with van der Waals surface area (Å²) >= 11 is 11.9. The molecule has 1 aromatic rings. The molecule has 2 rings (SSSR count). The summed E-state index contributed by atoms with van der Waals surface area (Å²) in [5.41, 5.74) is 0.381. The molecule has 15 heavy (non-hydrogen) atoms. The fourth-order valence-electron chi connectivity index (χ4n) is 2.42. The predicted octanol–water partition coefficient (Wildman–Crippen LogP) is 3.70. The highest BCUT2D eigenvalue weighted by atomic mass is 35.5. The van der Waals surface area contributed by atoms with Crippen molar-refractivity contribution in [2.24, 2.45) is 5.92 Å². The minimum absolute atomic E-state index is 0.562. The Labute approximate surface area is 100 Å². The van der Waals surface area contributed by atoms with Gasteiger partial charge in [-0.3, -0.25) is 0 Å². The van der Waals surface area contributed by atoms with Crippen molar-refractivity contribution >= 4 is 23.2 Å². The van der Waals surface area contributed by atoms with Gasteiger partial charge in [-0.05, 0) is 42.5 Å². The lowest BCUT2D eigenvalue weighted by atomic mass is 9.69. The third kappa shape index (κ3) is 2.47. The van der Waals surface area contributed by atoms with Crippen molar-refractivity contribution < 1.29 is 5.11 Å². The Hall–Kier alpha value is -0.240. The highest BCUT2D eigenvalue weighted by Gasteiger charge is 2.40. The molecule has 0 unspecified atom stereocenters. The molecule has 82 valence electrons. The average Bonchev–Trinajstić information content (AvgIpc) is 2.09. The van der Waals surface area contributed by atoms with Crippen molar-refractivity contribution in [2.75, 3.05) is 0 Å². The first-order valence-electron chi connectivity index (χ1n) is 5.15. The number of benzene rings is 1. The smallest absolute Gasteiger partial charge is 0.0693 e. The number of rotatable bonds is 2. The van der Waals surface area contributed by atoms with E-state index in [1.54, 1.807) is 12.1 Å². The van der Waals surface area contributed by atoms with Crippen LogP contribution in [0.4, 0.5) is 0 Å². The number of hydrogen-bond acceptors (Lipinski definition) is 1. The minimum atomic E-state index is -0.562. The highest BCUT2D eigenvalue weighted by molar-refractivity contribution is 6.33. The predicted molar refractivity (Wildman–Crippen MR) is 63.5 cm³/mol. The van der Waals surface area contributed by atoms with Crippen LogP contribution >= 0.6 is 23.2 Å². The molecule has 0 bridgehead atoms. The van der Waals surface area contributed by atoms with Gasteiger partial charge in [0.1, 0.15) is 0 Å². The molecule has 1 saturated carbocycles. The van der Waals surface area contributed by atoms with Crippen LogP contribution in [-0.2, 0) is 6.42 Å². The molecule has 0 radical (unpaired) electrons. The van der Waals surface area contributed by atoms with Gasteiger partial charge in [0.25, 0.3) is 0 Å². The van der Waals surface area contributed by atoms with E-state index in [2.05, 4.69) is 6.92 Å². The Kier molecular flexibility index (Phi) is 2.98. The number of halogens is 2. The molecular weight excluding hydrogens is 231 g/mol. The first kappa shape index (κ1) is 11.3. The van der Waals surface area contributed by atoms with E-state index in [0.717, 1.165) is 18.4 Å². The molecular formula is C12H14Cl2O. The molecule has 1 aliphatic rings. The summed E-state index contributed by atoms with van der Waals surface area (Å²) in [5.74, 6) is 0.618. The van der Waals surface area contributed by atoms with Gasteiger partial charge in [0.05, 0.1) is 5.60 Å². The van der Waals surface area contributed by atoms with Crippen molar-refractivity contribution in [2.45, 2.75) is 31.8 Å². The summed E-state index contributed by atoms with van der Waals surface area (Å²) in [5, 5.41) is 11.5. The van der Waals surface area contributed by atoms with Crippen LogP contribution in [0, 0.1) is 5.92 Å². The van der Waals surface area contributed by atoms with Crippen LogP contribution < -0.4 is 0 Å². The zero-order valence-electron chi connectivity index (χ0n) is 8.63. The van der Waals surface area contributed by atoms with Crippen molar-refractivity contribution in [3.63, 3.8) is 0 Å². The fourth-order valence-corrected chi connectivity index (χ4v) is 2.79. The maximum atomic E-state index is 10.1. The first-order valence-corrected chi connectivity index (χ1v) is 5.90. The van der Waals surface area contributed by atoms with Gasteiger partial charge in [0, 0.05) is 16.5 Å². The van der Waals surface area contributed by atoms with Gasteiger partial charge in [-0.1, -0.05) is 30.1 Å². The van der Waals surface area contributed by atoms with E-state index < -0.39 is 5.60 Å². The second kappa shape index (κ2) is 3.97. The Balaban J connectivity index is 2.14. The zero-order valence-corrected chi connectivity index (χ0v) is 10.1. The van der Waals surface area contributed by atoms with E-state index in [1.807, 2.05) is 6.07 Å². The van der Waals surface area contributed by atoms with E-state index in [9.17, 15) is 5.11 Å². The Morgan fingerprint density at radius 3 is 2.67 bits per heavy atom. The Morgan fingerprint density at radius 1 is 1.40 bits per heavy atom. The van der Waals surface area contributed by atoms with Crippen LogP contribution in [0.2, 0.25) is 10.0 Å². The van der Waals surface area contributed by atoms with Crippen LogP contribution in [0.5, 0.6) is 0 Å². The summed E-state index contributed by atoms with van der Waals surface area (Å²) in [6.45, 7) is 2.15. The number of aliphatic hydroxyl groups is 1. The molecule has 0 heterocycles. The summed E-state index contributed by atoms with van der Waals surface area (Å²) in [6, 6.07) is 5.39. The van der Waals surface area contributed by atoms with E-state index >= 15 is 0 Å². The molecule has 1 nitrogen and oxygen atoms in total. The third-order valence-electron chi connectivity index (χ3n) is 2.98. The summed E-state index contributed by atoms with van der Waals surface area (Å²) < 4.78 is 0. The van der Waals surface area contributed by atoms with E-state index in [1.165, 1.54) is 0 Å². The van der Waals surface area contributed by atoms with Crippen molar-refractivity contribution in [1.82, 2.24) is 0 Å². The van der Waals surface area contributed by atoms with Crippen molar-refractivity contribution in [3.05, 3.63) is 33.8 Å². The van der Waals surface area contributed by atoms with Gasteiger partial charge in [-0.2, -0.15) is 0 Å². The van der Waals surface area contributed by atoms with Gasteiger partial charge < -0.3 is 5.11 Å². The average molecular weight is 245 g/mol. The van der Waals surface area contributed by atoms with Crippen LogP contribution in [0.15, 0.2) is 18.2 Å². The first-order chi connectivity index (χ1) is 6.98. The van der Waals surface area contributed by atoms with Crippen LogP contribution in [0.1, 0.15) is 25.3 Å². The molecule has 0 aromatic heterocycles. The quantitative estimate of drug-likeness (QED) is 0.842. The molecule has 0 saturated heterocycles. The van der Waals surface area contributed by atoms with Gasteiger partial charge >= 0.3 is 0 Å².